The molecule has 9 heteroatoms. The van der Waals surface area contributed by atoms with Crippen LogP contribution < -0.4 is 4.90 Å². The molecule has 0 unspecified atom stereocenters. The third-order valence-electron chi connectivity index (χ3n) is 3.26. The topological polar surface area (TPSA) is 42.6 Å². The number of ether oxygens (including phenoxy) is 1. The van der Waals surface area contributed by atoms with E-state index in [9.17, 15) is 13.2 Å². The molecule has 1 aliphatic rings. The smallest absolute Gasteiger partial charge is 0.366 e. The van der Waals surface area contributed by atoms with Gasteiger partial charge in [0.15, 0.2) is 0 Å². The number of aromatic nitrogens is 2. The highest BCUT2D eigenvalue weighted by molar-refractivity contribution is 14.1. The van der Waals surface area contributed by atoms with Crippen molar-refractivity contribution in [2.24, 2.45) is 0 Å². The van der Waals surface area contributed by atoms with Crippen LogP contribution in [-0.2, 0) is 11.3 Å². The van der Waals surface area contributed by atoms with Crippen molar-refractivity contribution >= 4 is 28.4 Å². The molecule has 2 rings (SSSR count). The molecule has 0 saturated carbocycles. The van der Waals surface area contributed by atoms with E-state index >= 15 is 0 Å². The van der Waals surface area contributed by atoms with Crippen molar-refractivity contribution in [2.45, 2.75) is 31.7 Å². The van der Waals surface area contributed by atoms with Crippen molar-refractivity contribution in [3.05, 3.63) is 27.0 Å². The van der Waals surface area contributed by atoms with Crippen LogP contribution in [0.25, 0.3) is 4.85 Å². The lowest BCUT2D eigenvalue weighted by Gasteiger charge is -2.28. The summed E-state index contributed by atoms with van der Waals surface area (Å²) in [5, 5.41) is 0. The summed E-state index contributed by atoms with van der Waals surface area (Å²) in [4.78, 5) is 14.1. The summed E-state index contributed by atoms with van der Waals surface area (Å²) in [5.74, 6) is 0.620. The Hall–Kier alpha value is -1.15. The highest BCUT2D eigenvalue weighted by Crippen LogP contribution is 2.21. The largest absolute Gasteiger partial charge is 0.411 e. The minimum atomic E-state index is -4.35. The highest BCUT2D eigenvalue weighted by atomic mass is 127. The number of hydrogen-bond donors (Lipinski definition) is 0. The number of rotatable bonds is 4. The molecule has 1 fully saturated rings. The van der Waals surface area contributed by atoms with Gasteiger partial charge in [0.1, 0.15) is 21.8 Å². The van der Waals surface area contributed by atoms with Crippen molar-refractivity contribution in [1.82, 2.24) is 9.97 Å². The average Bonchev–Trinajstić information content (AvgIpc) is 2.48. The summed E-state index contributed by atoms with van der Waals surface area (Å²) in [6.45, 7) is 6.90. The molecule has 0 spiro atoms. The van der Waals surface area contributed by atoms with Crippen molar-refractivity contribution in [1.29, 1.82) is 0 Å². The van der Waals surface area contributed by atoms with Gasteiger partial charge in [-0.15, -0.1) is 0 Å². The summed E-state index contributed by atoms with van der Waals surface area (Å²) in [7, 11) is 0. The molecule has 1 aromatic heterocycles. The maximum atomic E-state index is 12.1. The molecule has 0 amide bonds. The van der Waals surface area contributed by atoms with Crippen LogP contribution in [0.1, 0.15) is 18.5 Å². The second-order valence-corrected chi connectivity index (χ2v) is 5.94. The number of piperidine rings is 1. The summed E-state index contributed by atoms with van der Waals surface area (Å²) < 4.78 is 41.5. The van der Waals surface area contributed by atoms with Crippen LogP contribution in [0.2, 0.25) is 0 Å². The third-order valence-corrected chi connectivity index (χ3v) is 4.16. The molecule has 22 heavy (non-hydrogen) atoms. The van der Waals surface area contributed by atoms with Crippen molar-refractivity contribution < 1.29 is 17.9 Å². The van der Waals surface area contributed by atoms with E-state index < -0.39 is 12.8 Å². The molecule has 0 N–H and O–H groups in total. The van der Waals surface area contributed by atoms with Crippen LogP contribution >= 0.6 is 22.6 Å². The van der Waals surface area contributed by atoms with Gasteiger partial charge in [0, 0.05) is 25.9 Å². The number of anilines is 1. The van der Waals surface area contributed by atoms with E-state index in [1.54, 1.807) is 6.20 Å². The van der Waals surface area contributed by atoms with Crippen molar-refractivity contribution in [3.63, 3.8) is 0 Å². The van der Waals surface area contributed by atoms with E-state index in [1.165, 1.54) is 0 Å². The third kappa shape index (κ3) is 4.95. The Morgan fingerprint density at radius 1 is 1.41 bits per heavy atom. The van der Waals surface area contributed by atoms with Crippen LogP contribution in [0.3, 0.4) is 0 Å². The van der Waals surface area contributed by atoms with Gasteiger partial charge < -0.3 is 14.5 Å². The fourth-order valence-corrected chi connectivity index (χ4v) is 2.55. The minimum Gasteiger partial charge on any atom is -0.366 e. The van der Waals surface area contributed by atoms with Crippen LogP contribution in [0.5, 0.6) is 0 Å². The fraction of sp³-hybridized carbons (Fsp3) is 0.615. The molecule has 0 radical (unpaired) electrons. The van der Waals surface area contributed by atoms with Crippen molar-refractivity contribution in [3.8, 4) is 0 Å². The Morgan fingerprint density at radius 2 is 2.09 bits per heavy atom. The first-order valence-electron chi connectivity index (χ1n) is 6.66. The van der Waals surface area contributed by atoms with Gasteiger partial charge in [-0.25, -0.2) is 16.5 Å². The Kier molecular flexibility index (Phi) is 5.80. The first-order chi connectivity index (χ1) is 10.4. The van der Waals surface area contributed by atoms with E-state index in [2.05, 4.69) is 19.5 Å². The maximum Gasteiger partial charge on any atom is 0.411 e. The highest BCUT2D eigenvalue weighted by Gasteiger charge is 2.28. The second kappa shape index (κ2) is 7.41. The standard InChI is InChI=1S/C13H14F3IN4O/c1-18-9-2-4-21(5-3-9)11-6-19-12(17)10(20-11)7-22-8-13(14,15)16/h6,9H,2-5,7-8H2. The Labute approximate surface area is 139 Å². The molecule has 0 bridgehead atoms. The van der Waals surface area contributed by atoms with Crippen LogP contribution in [0.15, 0.2) is 6.20 Å². The molecule has 1 saturated heterocycles. The lowest BCUT2D eigenvalue weighted by Crippen LogP contribution is -2.35. The zero-order valence-corrected chi connectivity index (χ0v) is 13.8. The van der Waals surface area contributed by atoms with Crippen molar-refractivity contribution in [2.75, 3.05) is 24.6 Å². The summed E-state index contributed by atoms with van der Waals surface area (Å²) in [5.41, 5.74) is 0.398. The van der Waals surface area contributed by atoms with Gasteiger partial charge in [0.05, 0.1) is 12.8 Å². The van der Waals surface area contributed by atoms with Gasteiger partial charge in [0.2, 0.25) is 6.04 Å². The number of hydrogen-bond acceptors (Lipinski definition) is 4. The molecular weight excluding hydrogens is 412 g/mol. The monoisotopic (exact) mass is 426 g/mol. The zero-order valence-electron chi connectivity index (χ0n) is 11.6. The van der Waals surface area contributed by atoms with Gasteiger partial charge in [-0.05, 0) is 22.6 Å². The predicted molar refractivity (Wildman–Crippen MR) is 82.3 cm³/mol. The molecular formula is C13H14F3IN4O. The molecule has 0 atom stereocenters. The lowest BCUT2D eigenvalue weighted by atomic mass is 10.1. The molecule has 5 nitrogen and oxygen atoms in total. The Bertz CT molecular complexity index is 553. The first kappa shape index (κ1) is 17.2. The van der Waals surface area contributed by atoms with Crippen LogP contribution in [0, 0.1) is 10.3 Å². The molecule has 2 heterocycles. The van der Waals surface area contributed by atoms with Gasteiger partial charge in [-0.2, -0.15) is 13.2 Å². The summed E-state index contributed by atoms with van der Waals surface area (Å²) in [6.07, 6.45) is -1.22. The van der Waals surface area contributed by atoms with E-state index in [-0.39, 0.29) is 12.6 Å². The van der Waals surface area contributed by atoms with Gasteiger partial charge in [-0.3, -0.25) is 0 Å². The molecule has 120 valence electrons. The summed E-state index contributed by atoms with van der Waals surface area (Å²) in [6, 6.07) is 0.0441. The van der Waals surface area contributed by atoms with E-state index in [4.69, 9.17) is 6.57 Å². The maximum absolute atomic E-state index is 12.1. The normalized spacial score (nSPS) is 16.6. The average molecular weight is 426 g/mol. The number of nitrogens with zero attached hydrogens (tertiary/aromatic N) is 4. The zero-order chi connectivity index (χ0) is 16.2. The Balaban J connectivity index is 1.99. The lowest BCUT2D eigenvalue weighted by molar-refractivity contribution is -0.176. The minimum absolute atomic E-state index is 0.0441. The first-order valence-corrected chi connectivity index (χ1v) is 7.74. The Morgan fingerprint density at radius 3 is 2.68 bits per heavy atom. The van der Waals surface area contributed by atoms with Gasteiger partial charge in [-0.1, -0.05) is 0 Å². The quantitative estimate of drug-likeness (QED) is 0.549. The molecule has 1 aliphatic heterocycles. The second-order valence-electron chi connectivity index (χ2n) is 4.92. The fourth-order valence-electron chi connectivity index (χ4n) is 2.13. The van der Waals surface area contributed by atoms with Gasteiger partial charge in [0.25, 0.3) is 0 Å². The predicted octanol–water partition coefficient (Wildman–Crippen LogP) is 3.05. The van der Waals surface area contributed by atoms with Crippen LogP contribution in [0.4, 0.5) is 19.0 Å². The molecule has 1 aromatic rings. The SMILES string of the molecule is [C-]#[N+]C1CCN(c2cnc(I)c(COCC(F)(F)F)n2)CC1. The number of alkyl halides is 3. The molecule has 0 aromatic carbocycles. The number of halogens is 4. The van der Waals surface area contributed by atoms with E-state index in [0.717, 1.165) is 12.8 Å². The van der Waals surface area contributed by atoms with Gasteiger partial charge >= 0.3 is 6.18 Å². The van der Waals surface area contributed by atoms with E-state index in [0.29, 0.717) is 28.3 Å². The van der Waals surface area contributed by atoms with E-state index in [1.807, 2.05) is 27.5 Å². The van der Waals surface area contributed by atoms with Crippen LogP contribution in [-0.4, -0.2) is 41.9 Å². The molecule has 0 aliphatic carbocycles. The summed E-state index contributed by atoms with van der Waals surface area (Å²) >= 11 is 1.92.